The maximum Gasteiger partial charge on any atom is 0.279 e. The van der Waals surface area contributed by atoms with E-state index in [1.807, 2.05) is 6.92 Å². The van der Waals surface area contributed by atoms with Gasteiger partial charge in [0.1, 0.15) is 0 Å². The summed E-state index contributed by atoms with van der Waals surface area (Å²) in [5, 5.41) is 0. The van der Waals surface area contributed by atoms with Crippen molar-refractivity contribution in [3.8, 4) is 0 Å². The molecule has 1 saturated heterocycles. The third-order valence-electron chi connectivity index (χ3n) is 2.60. The van der Waals surface area contributed by atoms with Crippen LogP contribution in [0.3, 0.4) is 0 Å². The highest BCUT2D eigenvalue weighted by Crippen LogP contribution is 2.12. The van der Waals surface area contributed by atoms with Crippen LogP contribution in [0.15, 0.2) is 0 Å². The Morgan fingerprint density at radius 2 is 2.00 bits per heavy atom. The first-order valence-corrected chi connectivity index (χ1v) is 6.98. The van der Waals surface area contributed by atoms with Crippen molar-refractivity contribution in [1.82, 2.24) is 9.03 Å². The van der Waals surface area contributed by atoms with Crippen LogP contribution in [0.2, 0.25) is 0 Å². The molecule has 0 amide bonds. The van der Waals surface area contributed by atoms with Gasteiger partial charge in [0, 0.05) is 19.1 Å². The second kappa shape index (κ2) is 5.79. The summed E-state index contributed by atoms with van der Waals surface area (Å²) in [7, 11) is -3.25. The molecule has 6 heteroatoms. The van der Waals surface area contributed by atoms with Gasteiger partial charge in [-0.25, -0.2) is 0 Å². The van der Waals surface area contributed by atoms with Gasteiger partial charge in [0.25, 0.3) is 10.2 Å². The summed E-state index contributed by atoms with van der Waals surface area (Å²) in [4.78, 5) is 0. The first kappa shape index (κ1) is 12.9. The first-order valence-electron chi connectivity index (χ1n) is 5.54. The van der Waals surface area contributed by atoms with E-state index in [1.54, 1.807) is 0 Å². The van der Waals surface area contributed by atoms with Crippen LogP contribution in [0.1, 0.15) is 32.6 Å². The largest absolute Gasteiger partial charge is 0.330 e. The van der Waals surface area contributed by atoms with E-state index in [1.165, 1.54) is 4.31 Å². The number of hydrogen-bond acceptors (Lipinski definition) is 3. The Hall–Kier alpha value is -0.170. The van der Waals surface area contributed by atoms with E-state index >= 15 is 0 Å². The van der Waals surface area contributed by atoms with E-state index in [4.69, 9.17) is 5.73 Å². The molecule has 0 bridgehead atoms. The predicted octanol–water partition coefficient (Wildman–Crippen LogP) is 0.0440. The molecule has 1 aliphatic heterocycles. The van der Waals surface area contributed by atoms with Gasteiger partial charge in [-0.1, -0.05) is 0 Å². The SMILES string of the molecule is CC(CCCN)NS(=O)(=O)N1CCCC1. The molecule has 1 rings (SSSR count). The van der Waals surface area contributed by atoms with Gasteiger partial charge in [-0.05, 0) is 39.2 Å². The molecule has 0 aromatic heterocycles. The van der Waals surface area contributed by atoms with Gasteiger partial charge in [0.05, 0.1) is 0 Å². The highest BCUT2D eigenvalue weighted by atomic mass is 32.2. The summed E-state index contributed by atoms with van der Waals surface area (Å²) in [6, 6.07) is -0.0286. The number of nitrogens with one attached hydrogen (secondary N) is 1. The van der Waals surface area contributed by atoms with Crippen molar-refractivity contribution in [2.45, 2.75) is 38.6 Å². The molecule has 1 atom stereocenters. The van der Waals surface area contributed by atoms with E-state index in [0.29, 0.717) is 19.6 Å². The molecule has 15 heavy (non-hydrogen) atoms. The Morgan fingerprint density at radius 1 is 1.40 bits per heavy atom. The van der Waals surface area contributed by atoms with Crippen LogP contribution in [-0.2, 0) is 10.2 Å². The molecule has 1 unspecified atom stereocenters. The smallest absolute Gasteiger partial charge is 0.279 e. The molecule has 5 nitrogen and oxygen atoms in total. The number of nitrogens with two attached hydrogens (primary N) is 1. The lowest BCUT2D eigenvalue weighted by atomic mass is 10.2. The average Bonchev–Trinajstić information content (AvgIpc) is 2.67. The van der Waals surface area contributed by atoms with Crippen molar-refractivity contribution in [2.75, 3.05) is 19.6 Å². The van der Waals surface area contributed by atoms with E-state index in [2.05, 4.69) is 4.72 Å². The van der Waals surface area contributed by atoms with Gasteiger partial charge in [0.15, 0.2) is 0 Å². The van der Waals surface area contributed by atoms with Crippen molar-refractivity contribution in [3.63, 3.8) is 0 Å². The Bertz CT molecular complexity index is 273. The van der Waals surface area contributed by atoms with Crippen LogP contribution in [0.5, 0.6) is 0 Å². The molecule has 3 N–H and O–H groups in total. The molecule has 0 aliphatic carbocycles. The van der Waals surface area contributed by atoms with Gasteiger partial charge in [-0.2, -0.15) is 17.4 Å². The van der Waals surface area contributed by atoms with Crippen LogP contribution in [0.25, 0.3) is 0 Å². The fourth-order valence-corrected chi connectivity index (χ4v) is 3.25. The third-order valence-corrected chi connectivity index (χ3v) is 4.34. The Balaban J connectivity index is 2.41. The minimum atomic E-state index is -3.25. The monoisotopic (exact) mass is 235 g/mol. The summed E-state index contributed by atoms with van der Waals surface area (Å²) in [6.07, 6.45) is 3.59. The van der Waals surface area contributed by atoms with E-state index in [9.17, 15) is 8.42 Å². The molecule has 1 heterocycles. The fraction of sp³-hybridized carbons (Fsp3) is 1.00. The van der Waals surface area contributed by atoms with Gasteiger partial charge in [-0.15, -0.1) is 0 Å². The maximum atomic E-state index is 11.8. The lowest BCUT2D eigenvalue weighted by Crippen LogP contribution is -2.43. The number of nitrogens with zero attached hydrogens (tertiary/aromatic N) is 1. The molecule has 0 saturated carbocycles. The zero-order valence-corrected chi connectivity index (χ0v) is 10.1. The molecular weight excluding hydrogens is 214 g/mol. The van der Waals surface area contributed by atoms with Gasteiger partial charge in [0.2, 0.25) is 0 Å². The predicted molar refractivity (Wildman–Crippen MR) is 60.6 cm³/mol. The highest BCUT2D eigenvalue weighted by molar-refractivity contribution is 7.87. The minimum absolute atomic E-state index is 0.0286. The fourth-order valence-electron chi connectivity index (χ4n) is 1.74. The summed E-state index contributed by atoms with van der Waals surface area (Å²) in [5.74, 6) is 0. The summed E-state index contributed by atoms with van der Waals surface area (Å²) in [5.41, 5.74) is 5.38. The molecule has 1 aliphatic rings. The lowest BCUT2D eigenvalue weighted by molar-refractivity contribution is 0.449. The first-order chi connectivity index (χ1) is 7.06. The molecule has 0 aromatic rings. The second-order valence-corrected chi connectivity index (χ2v) is 5.76. The molecule has 0 radical (unpaired) electrons. The Morgan fingerprint density at radius 3 is 2.53 bits per heavy atom. The van der Waals surface area contributed by atoms with Crippen molar-refractivity contribution < 1.29 is 8.42 Å². The zero-order chi connectivity index (χ0) is 11.3. The van der Waals surface area contributed by atoms with Gasteiger partial charge < -0.3 is 5.73 Å². The van der Waals surface area contributed by atoms with Crippen LogP contribution in [0, 0.1) is 0 Å². The van der Waals surface area contributed by atoms with Crippen molar-refractivity contribution in [1.29, 1.82) is 0 Å². The maximum absolute atomic E-state index is 11.8. The van der Waals surface area contributed by atoms with Crippen molar-refractivity contribution >= 4 is 10.2 Å². The second-order valence-electron chi connectivity index (χ2n) is 4.06. The van der Waals surface area contributed by atoms with E-state index in [-0.39, 0.29) is 6.04 Å². The summed E-state index contributed by atoms with van der Waals surface area (Å²) < 4.78 is 27.8. The molecule has 0 aromatic carbocycles. The molecule has 0 spiro atoms. The Kier molecular flexibility index (Phi) is 4.98. The molecule has 1 fully saturated rings. The van der Waals surface area contributed by atoms with Crippen LogP contribution in [0.4, 0.5) is 0 Å². The van der Waals surface area contributed by atoms with Crippen molar-refractivity contribution in [2.24, 2.45) is 5.73 Å². The van der Waals surface area contributed by atoms with Gasteiger partial charge >= 0.3 is 0 Å². The average molecular weight is 235 g/mol. The van der Waals surface area contributed by atoms with E-state index < -0.39 is 10.2 Å². The van der Waals surface area contributed by atoms with Gasteiger partial charge in [-0.3, -0.25) is 0 Å². The quantitative estimate of drug-likeness (QED) is 0.683. The molecule has 90 valence electrons. The van der Waals surface area contributed by atoms with Crippen LogP contribution in [-0.4, -0.2) is 38.4 Å². The topological polar surface area (TPSA) is 75.4 Å². The number of rotatable bonds is 6. The Labute approximate surface area is 92.2 Å². The van der Waals surface area contributed by atoms with E-state index in [0.717, 1.165) is 25.7 Å². The summed E-state index contributed by atoms with van der Waals surface area (Å²) in [6.45, 7) is 3.79. The zero-order valence-electron chi connectivity index (χ0n) is 9.28. The normalized spacial score (nSPS) is 20.7. The number of hydrogen-bond donors (Lipinski definition) is 2. The van der Waals surface area contributed by atoms with Crippen LogP contribution >= 0.6 is 0 Å². The molecular formula is C9H21N3O2S. The van der Waals surface area contributed by atoms with Crippen LogP contribution < -0.4 is 10.5 Å². The summed E-state index contributed by atoms with van der Waals surface area (Å²) >= 11 is 0. The standard InChI is InChI=1S/C9H21N3O2S/c1-9(5-4-6-10)11-15(13,14)12-7-2-3-8-12/h9,11H,2-8,10H2,1H3. The highest BCUT2D eigenvalue weighted by Gasteiger charge is 2.26. The van der Waals surface area contributed by atoms with Crippen molar-refractivity contribution in [3.05, 3.63) is 0 Å². The lowest BCUT2D eigenvalue weighted by Gasteiger charge is -2.20. The third kappa shape index (κ3) is 4.06. The minimum Gasteiger partial charge on any atom is -0.330 e.